The minimum Gasteiger partial charge on any atom is -1.00 e. The van der Waals surface area contributed by atoms with Gasteiger partial charge < -0.3 is 27.0 Å². The highest BCUT2D eigenvalue weighted by Crippen LogP contribution is 2.23. The molecule has 0 aliphatic carbocycles. The van der Waals surface area contributed by atoms with Gasteiger partial charge in [-0.3, -0.25) is 4.79 Å². The number of rotatable bonds is 9. The summed E-state index contributed by atoms with van der Waals surface area (Å²) in [6.07, 6.45) is 1.40. The molecule has 0 aliphatic rings. The van der Waals surface area contributed by atoms with E-state index in [1.54, 1.807) is 0 Å². The van der Waals surface area contributed by atoms with E-state index < -0.39 is 5.97 Å². The van der Waals surface area contributed by atoms with E-state index >= 15 is 0 Å². The van der Waals surface area contributed by atoms with Gasteiger partial charge in [0.15, 0.2) is 0 Å². The maximum Gasteiger partial charge on any atom is 0.303 e. The number of carbonyl (C=O) groups is 1. The topological polar surface area (TPSA) is 58.4 Å². The first-order valence-electron chi connectivity index (χ1n) is 7.61. The van der Waals surface area contributed by atoms with Gasteiger partial charge in [-0.25, -0.2) is 4.98 Å². The summed E-state index contributed by atoms with van der Waals surface area (Å²) in [5.74, 6) is 1.21. The molecule has 8 heteroatoms. The number of imidazole rings is 1. The molecular formula is C16H21Cl3N3O2-. The van der Waals surface area contributed by atoms with Crippen molar-refractivity contribution in [3.05, 3.63) is 24.0 Å². The van der Waals surface area contributed by atoms with E-state index in [-0.39, 0.29) is 18.8 Å². The fraction of sp³-hybridized carbons (Fsp3) is 0.500. The number of carboxylic acids is 1. The largest absolute Gasteiger partial charge is 1.00 e. The van der Waals surface area contributed by atoms with E-state index in [1.807, 2.05) is 29.8 Å². The molecular weight excluding hydrogens is 373 g/mol. The molecule has 2 aromatic rings. The maximum absolute atomic E-state index is 10.6. The molecule has 0 fully saturated rings. The molecule has 1 aromatic carbocycles. The lowest BCUT2D eigenvalue weighted by Crippen LogP contribution is -3.00. The molecule has 24 heavy (non-hydrogen) atoms. The number of anilines is 1. The summed E-state index contributed by atoms with van der Waals surface area (Å²) in [4.78, 5) is 17.4. The molecule has 1 heterocycles. The second kappa shape index (κ2) is 9.97. The van der Waals surface area contributed by atoms with Crippen LogP contribution in [0.2, 0.25) is 0 Å². The number of alkyl halides is 2. The number of halogens is 3. The van der Waals surface area contributed by atoms with Gasteiger partial charge in [0.1, 0.15) is 5.82 Å². The number of aryl methyl sites for hydroxylation is 2. The monoisotopic (exact) mass is 392 g/mol. The van der Waals surface area contributed by atoms with Crippen molar-refractivity contribution in [2.24, 2.45) is 7.05 Å². The lowest BCUT2D eigenvalue weighted by Gasteiger charge is -2.22. The number of carboxylic acid groups (broad SMARTS) is 1. The fourth-order valence-corrected chi connectivity index (χ4v) is 3.04. The molecule has 1 aromatic heterocycles. The van der Waals surface area contributed by atoms with Gasteiger partial charge in [-0.1, -0.05) is 0 Å². The van der Waals surface area contributed by atoms with E-state index in [2.05, 4.69) is 9.88 Å². The highest BCUT2D eigenvalue weighted by atomic mass is 35.5. The lowest BCUT2D eigenvalue weighted by molar-refractivity contribution is -0.137. The van der Waals surface area contributed by atoms with Gasteiger partial charge in [-0.15, -0.1) is 23.2 Å². The summed E-state index contributed by atoms with van der Waals surface area (Å²) >= 11 is 11.7. The minimum absolute atomic E-state index is 0. The number of fused-ring (bicyclic) bond motifs is 1. The van der Waals surface area contributed by atoms with Crippen LogP contribution in [0.15, 0.2) is 18.2 Å². The summed E-state index contributed by atoms with van der Waals surface area (Å²) < 4.78 is 2.02. The molecule has 0 bridgehead atoms. The van der Waals surface area contributed by atoms with Crippen LogP contribution >= 0.6 is 23.2 Å². The number of benzene rings is 1. The Morgan fingerprint density at radius 3 is 2.54 bits per heavy atom. The average molecular weight is 394 g/mol. The summed E-state index contributed by atoms with van der Waals surface area (Å²) in [5, 5.41) is 8.74. The Balaban J connectivity index is 0.00000288. The van der Waals surface area contributed by atoms with E-state index in [1.165, 1.54) is 0 Å². The Bertz CT molecular complexity index is 670. The molecule has 0 radical (unpaired) electrons. The van der Waals surface area contributed by atoms with Crippen molar-refractivity contribution in [3.63, 3.8) is 0 Å². The number of nitrogens with zero attached hydrogens (tertiary/aromatic N) is 3. The van der Waals surface area contributed by atoms with Gasteiger partial charge in [-0.2, -0.15) is 0 Å². The Kier molecular flexibility index (Phi) is 8.67. The zero-order chi connectivity index (χ0) is 16.8. The van der Waals surface area contributed by atoms with E-state index in [0.29, 0.717) is 24.6 Å². The third-order valence-corrected chi connectivity index (χ3v) is 4.16. The zero-order valence-corrected chi connectivity index (χ0v) is 15.8. The smallest absolute Gasteiger partial charge is 0.303 e. The molecule has 0 amide bonds. The molecule has 5 nitrogen and oxygen atoms in total. The first kappa shape index (κ1) is 20.9. The van der Waals surface area contributed by atoms with Crippen molar-refractivity contribution in [1.29, 1.82) is 0 Å². The van der Waals surface area contributed by atoms with Crippen LogP contribution in [-0.2, 0) is 18.3 Å². The van der Waals surface area contributed by atoms with Crippen LogP contribution in [0, 0.1) is 0 Å². The van der Waals surface area contributed by atoms with Gasteiger partial charge in [-0.05, 0) is 24.6 Å². The highest BCUT2D eigenvalue weighted by Gasteiger charge is 2.11. The third-order valence-electron chi connectivity index (χ3n) is 3.82. The van der Waals surface area contributed by atoms with Crippen LogP contribution in [0.4, 0.5) is 5.69 Å². The predicted molar refractivity (Wildman–Crippen MR) is 94.9 cm³/mol. The molecule has 0 aliphatic heterocycles. The molecule has 0 saturated heterocycles. The first-order chi connectivity index (χ1) is 11.1. The Morgan fingerprint density at radius 1 is 1.29 bits per heavy atom. The maximum atomic E-state index is 10.6. The van der Waals surface area contributed by atoms with Crippen molar-refractivity contribution >= 4 is 45.9 Å². The van der Waals surface area contributed by atoms with E-state index in [4.69, 9.17) is 28.3 Å². The van der Waals surface area contributed by atoms with Crippen LogP contribution in [0.25, 0.3) is 11.0 Å². The molecule has 2 rings (SSSR count). The van der Waals surface area contributed by atoms with Crippen LogP contribution in [-0.4, -0.2) is 45.5 Å². The summed E-state index contributed by atoms with van der Waals surface area (Å²) in [6, 6.07) is 6.12. The van der Waals surface area contributed by atoms with Gasteiger partial charge in [0.05, 0.1) is 11.0 Å². The van der Waals surface area contributed by atoms with Crippen LogP contribution in [0.3, 0.4) is 0 Å². The van der Waals surface area contributed by atoms with Crippen molar-refractivity contribution < 1.29 is 22.3 Å². The van der Waals surface area contributed by atoms with Gasteiger partial charge in [0.2, 0.25) is 0 Å². The number of hydrogen-bond donors (Lipinski definition) is 1. The molecule has 134 valence electrons. The van der Waals surface area contributed by atoms with Crippen molar-refractivity contribution in [1.82, 2.24) is 9.55 Å². The van der Waals surface area contributed by atoms with Gasteiger partial charge >= 0.3 is 5.97 Å². The zero-order valence-electron chi connectivity index (χ0n) is 13.5. The molecule has 0 unspecified atom stereocenters. The lowest BCUT2D eigenvalue weighted by atomic mass is 10.2. The quantitative estimate of drug-likeness (QED) is 0.621. The minimum atomic E-state index is -0.774. The second-order valence-electron chi connectivity index (χ2n) is 5.37. The summed E-state index contributed by atoms with van der Waals surface area (Å²) in [7, 11) is 1.96. The Hall–Kier alpha value is -1.17. The predicted octanol–water partition coefficient (Wildman–Crippen LogP) is 0.269. The van der Waals surface area contributed by atoms with Crippen molar-refractivity contribution in [2.75, 3.05) is 29.7 Å². The van der Waals surface area contributed by atoms with Crippen molar-refractivity contribution in [3.8, 4) is 0 Å². The standard InChI is InChI=1S/C16H21Cl2N3O2.ClH/c1-20-14-6-5-12(21(9-7-17)10-8-18)11-13(14)19-15(20)3-2-4-16(22)23;/h5-6,11H,2-4,7-10H2,1H3,(H,22,23);1H/p-1. The van der Waals surface area contributed by atoms with Crippen LogP contribution in [0.5, 0.6) is 0 Å². The molecule has 0 atom stereocenters. The van der Waals surface area contributed by atoms with Gasteiger partial charge in [0, 0.05) is 50.4 Å². The highest BCUT2D eigenvalue weighted by molar-refractivity contribution is 6.18. The molecule has 0 saturated carbocycles. The normalized spacial score (nSPS) is 10.6. The average Bonchev–Trinajstić information content (AvgIpc) is 2.83. The number of hydrogen-bond acceptors (Lipinski definition) is 3. The molecule has 1 N–H and O–H groups in total. The van der Waals surface area contributed by atoms with Crippen LogP contribution in [0.1, 0.15) is 18.7 Å². The van der Waals surface area contributed by atoms with E-state index in [0.717, 1.165) is 35.6 Å². The molecule has 0 spiro atoms. The summed E-state index contributed by atoms with van der Waals surface area (Å²) in [5.41, 5.74) is 2.99. The third kappa shape index (κ3) is 5.16. The Labute approximate surface area is 158 Å². The van der Waals surface area contributed by atoms with Crippen molar-refractivity contribution in [2.45, 2.75) is 19.3 Å². The van der Waals surface area contributed by atoms with E-state index in [9.17, 15) is 4.79 Å². The summed E-state index contributed by atoms with van der Waals surface area (Å²) in [6.45, 7) is 1.47. The number of aliphatic carboxylic acids is 1. The first-order valence-corrected chi connectivity index (χ1v) is 8.67. The Morgan fingerprint density at radius 2 is 1.96 bits per heavy atom. The SMILES string of the molecule is Cn1c(CCCC(=O)O)nc2cc(N(CCCl)CCCl)ccc21.[Cl-]. The second-order valence-corrected chi connectivity index (χ2v) is 6.13. The fourth-order valence-electron chi connectivity index (χ4n) is 2.63. The van der Waals surface area contributed by atoms with Crippen LogP contribution < -0.4 is 17.3 Å². The van der Waals surface area contributed by atoms with Gasteiger partial charge in [0.25, 0.3) is 0 Å². The number of aromatic nitrogens is 2.